The van der Waals surface area contributed by atoms with Gasteiger partial charge >= 0.3 is 0 Å². The first-order chi connectivity index (χ1) is 15.3. The number of carbonyl (C=O) groups excluding carboxylic acids is 1. The molecule has 31 heavy (non-hydrogen) atoms. The van der Waals surface area contributed by atoms with Gasteiger partial charge in [-0.3, -0.25) is 4.79 Å². The Bertz CT molecular complexity index is 678. The maximum absolute atomic E-state index is 13.6. The molecule has 1 amide bonds. The molecule has 1 aromatic rings. The highest BCUT2D eigenvalue weighted by molar-refractivity contribution is 5.79. The Morgan fingerprint density at radius 1 is 1.06 bits per heavy atom. The SMILES string of the molecule is COCCCN(CC1CCCN2CCCCC12)C(=O)C1CCN(c2ncccn2)CC1. The van der Waals surface area contributed by atoms with Crippen molar-refractivity contribution in [1.29, 1.82) is 0 Å². The lowest BCUT2D eigenvalue weighted by Crippen LogP contribution is -2.52. The summed E-state index contributed by atoms with van der Waals surface area (Å²) in [5.74, 6) is 1.88. The van der Waals surface area contributed by atoms with E-state index in [-0.39, 0.29) is 5.92 Å². The average Bonchev–Trinajstić information content (AvgIpc) is 2.84. The molecule has 2 atom stereocenters. The number of hydrogen-bond donors (Lipinski definition) is 0. The molecule has 0 aromatic carbocycles. The van der Waals surface area contributed by atoms with E-state index in [1.54, 1.807) is 19.5 Å². The first-order valence-electron chi connectivity index (χ1n) is 12.3. The van der Waals surface area contributed by atoms with E-state index in [0.29, 0.717) is 24.5 Å². The minimum atomic E-state index is 0.119. The number of rotatable bonds is 8. The third-order valence-electron chi connectivity index (χ3n) is 7.45. The fourth-order valence-electron chi connectivity index (χ4n) is 5.80. The van der Waals surface area contributed by atoms with E-state index >= 15 is 0 Å². The zero-order chi connectivity index (χ0) is 21.5. The predicted octanol–water partition coefficient (Wildman–Crippen LogP) is 2.82. The van der Waals surface area contributed by atoms with Crippen molar-refractivity contribution in [1.82, 2.24) is 19.8 Å². The molecule has 0 bridgehead atoms. The fraction of sp³-hybridized carbons (Fsp3) is 0.792. The topological polar surface area (TPSA) is 61.8 Å². The molecule has 7 heteroatoms. The van der Waals surface area contributed by atoms with Crippen molar-refractivity contribution in [2.45, 2.75) is 57.4 Å². The summed E-state index contributed by atoms with van der Waals surface area (Å²) < 4.78 is 5.29. The summed E-state index contributed by atoms with van der Waals surface area (Å²) >= 11 is 0. The van der Waals surface area contributed by atoms with Gasteiger partial charge in [-0.15, -0.1) is 0 Å². The van der Waals surface area contributed by atoms with Crippen LogP contribution in [0.15, 0.2) is 18.5 Å². The molecule has 4 heterocycles. The summed E-state index contributed by atoms with van der Waals surface area (Å²) in [6, 6.07) is 2.52. The van der Waals surface area contributed by atoms with Gasteiger partial charge in [-0.1, -0.05) is 6.42 Å². The highest BCUT2D eigenvalue weighted by Crippen LogP contribution is 2.32. The Kier molecular flexibility index (Phi) is 8.14. The molecule has 0 saturated carbocycles. The molecule has 7 nitrogen and oxygen atoms in total. The molecule has 4 rings (SSSR count). The highest BCUT2D eigenvalue weighted by atomic mass is 16.5. The van der Waals surface area contributed by atoms with E-state index in [1.807, 2.05) is 6.07 Å². The molecule has 0 radical (unpaired) electrons. The number of ether oxygens (including phenoxy) is 1. The van der Waals surface area contributed by atoms with Crippen LogP contribution in [0.1, 0.15) is 51.4 Å². The zero-order valence-electron chi connectivity index (χ0n) is 19.1. The summed E-state index contributed by atoms with van der Waals surface area (Å²) in [6.07, 6.45) is 12.8. The zero-order valence-corrected chi connectivity index (χ0v) is 19.1. The number of methoxy groups -OCH3 is 1. The van der Waals surface area contributed by atoms with Gasteiger partial charge in [0.05, 0.1) is 0 Å². The minimum Gasteiger partial charge on any atom is -0.385 e. The lowest BCUT2D eigenvalue weighted by Gasteiger charge is -2.46. The van der Waals surface area contributed by atoms with Gasteiger partial charge in [0.25, 0.3) is 0 Å². The van der Waals surface area contributed by atoms with Gasteiger partial charge in [0.2, 0.25) is 11.9 Å². The monoisotopic (exact) mass is 429 g/mol. The molecule has 3 aliphatic heterocycles. The van der Waals surface area contributed by atoms with Crippen molar-refractivity contribution in [3.8, 4) is 0 Å². The third kappa shape index (κ3) is 5.75. The number of piperidine rings is 3. The second-order valence-corrected chi connectivity index (χ2v) is 9.44. The van der Waals surface area contributed by atoms with Crippen molar-refractivity contribution in [3.05, 3.63) is 18.5 Å². The Morgan fingerprint density at radius 3 is 2.61 bits per heavy atom. The van der Waals surface area contributed by atoms with Crippen molar-refractivity contribution in [2.24, 2.45) is 11.8 Å². The Morgan fingerprint density at radius 2 is 1.84 bits per heavy atom. The van der Waals surface area contributed by atoms with Gasteiger partial charge < -0.3 is 19.4 Å². The first kappa shape index (κ1) is 22.5. The maximum Gasteiger partial charge on any atom is 0.225 e. The minimum absolute atomic E-state index is 0.119. The standard InChI is InChI=1S/C24H39N5O2/c1-31-18-6-15-29(19-21-7-4-14-27-13-3-2-8-22(21)27)23(30)20-9-16-28(17-10-20)24-25-11-5-12-26-24/h5,11-12,20-22H,2-4,6-10,13-19H2,1H3. The van der Waals surface area contributed by atoms with Gasteiger partial charge in [-0.05, 0) is 70.0 Å². The quantitative estimate of drug-likeness (QED) is 0.592. The second-order valence-electron chi connectivity index (χ2n) is 9.44. The first-order valence-corrected chi connectivity index (χ1v) is 12.3. The summed E-state index contributed by atoms with van der Waals surface area (Å²) in [7, 11) is 1.74. The van der Waals surface area contributed by atoms with E-state index in [9.17, 15) is 4.79 Å². The molecule has 172 valence electrons. The van der Waals surface area contributed by atoms with Gasteiger partial charge in [0.15, 0.2) is 0 Å². The normalized spacial score (nSPS) is 25.3. The predicted molar refractivity (Wildman–Crippen MR) is 122 cm³/mol. The van der Waals surface area contributed by atoms with Crippen LogP contribution in [0.4, 0.5) is 5.95 Å². The summed E-state index contributed by atoms with van der Waals surface area (Å²) in [5.41, 5.74) is 0. The summed E-state index contributed by atoms with van der Waals surface area (Å²) in [5, 5.41) is 0. The number of aromatic nitrogens is 2. The number of carbonyl (C=O) groups is 1. The molecule has 3 fully saturated rings. The van der Waals surface area contributed by atoms with E-state index in [1.165, 1.54) is 45.2 Å². The molecule has 0 spiro atoms. The van der Waals surface area contributed by atoms with Gasteiger partial charge in [-0.25, -0.2) is 9.97 Å². The summed E-state index contributed by atoms with van der Waals surface area (Å²) in [6.45, 7) is 6.66. The van der Waals surface area contributed by atoms with E-state index in [4.69, 9.17) is 4.74 Å². The van der Waals surface area contributed by atoms with Gasteiger partial charge in [0, 0.05) is 64.2 Å². The van der Waals surface area contributed by atoms with Crippen molar-refractivity contribution < 1.29 is 9.53 Å². The van der Waals surface area contributed by atoms with Crippen LogP contribution in [0.3, 0.4) is 0 Å². The van der Waals surface area contributed by atoms with Crippen molar-refractivity contribution in [2.75, 3.05) is 57.9 Å². The fourth-order valence-corrected chi connectivity index (χ4v) is 5.80. The van der Waals surface area contributed by atoms with Crippen LogP contribution in [0, 0.1) is 11.8 Å². The van der Waals surface area contributed by atoms with Crippen molar-refractivity contribution in [3.63, 3.8) is 0 Å². The van der Waals surface area contributed by atoms with Crippen LogP contribution in [0.2, 0.25) is 0 Å². The molecule has 0 aliphatic carbocycles. The van der Waals surface area contributed by atoms with Crippen LogP contribution < -0.4 is 4.90 Å². The molecular formula is C24H39N5O2. The van der Waals surface area contributed by atoms with Crippen LogP contribution in [0.5, 0.6) is 0 Å². The smallest absolute Gasteiger partial charge is 0.225 e. The average molecular weight is 430 g/mol. The van der Waals surface area contributed by atoms with Crippen LogP contribution in [-0.4, -0.2) is 84.7 Å². The molecular weight excluding hydrogens is 390 g/mol. The van der Waals surface area contributed by atoms with E-state index in [2.05, 4.69) is 24.7 Å². The van der Waals surface area contributed by atoms with Crippen LogP contribution >= 0.6 is 0 Å². The molecule has 2 unspecified atom stereocenters. The largest absolute Gasteiger partial charge is 0.385 e. The van der Waals surface area contributed by atoms with Gasteiger partial charge in [0.1, 0.15) is 0 Å². The van der Waals surface area contributed by atoms with Crippen LogP contribution in [0.25, 0.3) is 0 Å². The van der Waals surface area contributed by atoms with E-state index < -0.39 is 0 Å². The molecule has 3 aliphatic rings. The lowest BCUT2D eigenvalue weighted by molar-refractivity contribution is -0.137. The Labute approximate surface area is 187 Å². The molecule has 3 saturated heterocycles. The van der Waals surface area contributed by atoms with Crippen LogP contribution in [-0.2, 0) is 9.53 Å². The molecule has 1 aromatic heterocycles. The molecule has 0 N–H and O–H groups in total. The number of hydrogen-bond acceptors (Lipinski definition) is 6. The Balaban J connectivity index is 1.36. The van der Waals surface area contributed by atoms with E-state index in [0.717, 1.165) is 51.4 Å². The third-order valence-corrected chi connectivity index (χ3v) is 7.45. The Hall–Kier alpha value is -1.73. The maximum atomic E-state index is 13.6. The number of anilines is 1. The second kappa shape index (κ2) is 11.2. The summed E-state index contributed by atoms with van der Waals surface area (Å²) in [4.78, 5) is 29.4. The lowest BCUT2D eigenvalue weighted by atomic mass is 9.83. The van der Waals surface area contributed by atoms with Gasteiger partial charge in [-0.2, -0.15) is 0 Å². The number of nitrogens with zero attached hydrogens (tertiary/aromatic N) is 5. The number of amides is 1. The number of fused-ring (bicyclic) bond motifs is 1. The van der Waals surface area contributed by atoms with Crippen molar-refractivity contribution >= 4 is 11.9 Å². The highest BCUT2D eigenvalue weighted by Gasteiger charge is 2.36.